The molecule has 0 aliphatic heterocycles. The van der Waals surface area contributed by atoms with Crippen LogP contribution in [-0.4, -0.2) is 9.78 Å². The molecule has 0 aliphatic rings. The van der Waals surface area contributed by atoms with Gasteiger partial charge >= 0.3 is 0 Å². The lowest BCUT2D eigenvalue weighted by molar-refractivity contribution is 0.481. The van der Waals surface area contributed by atoms with Crippen molar-refractivity contribution in [3.8, 4) is 11.5 Å². The monoisotopic (exact) mass is 314 g/mol. The van der Waals surface area contributed by atoms with Crippen molar-refractivity contribution < 1.29 is 4.74 Å². The van der Waals surface area contributed by atoms with Gasteiger partial charge in [-0.1, -0.05) is 33.6 Å². The van der Waals surface area contributed by atoms with Gasteiger partial charge in [0.1, 0.15) is 5.75 Å². The van der Waals surface area contributed by atoms with E-state index in [2.05, 4.69) is 21.0 Å². The molecular weight excluding hydrogens is 304 g/mol. The number of ether oxygens (including phenoxy) is 1. The Kier molecular flexibility index (Phi) is 4.07. The fraction of sp³-hybridized carbons (Fsp3) is 0.250. The summed E-state index contributed by atoms with van der Waals surface area (Å²) in [6.07, 6.45) is 3.54. The molecular formula is C12H12BrClN2O. The summed E-state index contributed by atoms with van der Waals surface area (Å²) in [5, 5.41) is 5.57. The summed E-state index contributed by atoms with van der Waals surface area (Å²) in [7, 11) is 0. The molecule has 0 aliphatic carbocycles. The molecule has 1 aromatic heterocycles. The van der Waals surface area contributed by atoms with Crippen molar-refractivity contribution in [3.05, 3.63) is 41.2 Å². The highest BCUT2D eigenvalue weighted by Crippen LogP contribution is 2.27. The lowest BCUT2D eigenvalue weighted by Gasteiger charge is -2.05. The van der Waals surface area contributed by atoms with Gasteiger partial charge < -0.3 is 4.74 Å². The second-order valence-electron chi connectivity index (χ2n) is 3.52. The highest BCUT2D eigenvalue weighted by atomic mass is 79.9. The standard InChI is InChI=1S/C12H12BrClN2O/c1-2-16-8-11(7-15-16)17-10-4-3-9(6-13)12(14)5-10/h3-5,7-8H,2,6H2,1H3. The molecule has 0 saturated heterocycles. The predicted octanol–water partition coefficient (Wildman–Crippen LogP) is 4.24. The summed E-state index contributed by atoms with van der Waals surface area (Å²) in [5.74, 6) is 1.44. The largest absolute Gasteiger partial charge is 0.454 e. The van der Waals surface area contributed by atoms with Crippen LogP contribution in [0.4, 0.5) is 0 Å². The summed E-state index contributed by atoms with van der Waals surface area (Å²) in [4.78, 5) is 0. The van der Waals surface area contributed by atoms with Crippen molar-refractivity contribution in [2.45, 2.75) is 18.8 Å². The van der Waals surface area contributed by atoms with Crippen LogP contribution in [0.5, 0.6) is 11.5 Å². The van der Waals surface area contributed by atoms with Crippen LogP contribution in [0.1, 0.15) is 12.5 Å². The summed E-state index contributed by atoms with van der Waals surface area (Å²) < 4.78 is 7.47. The number of nitrogens with zero attached hydrogens (tertiary/aromatic N) is 2. The third-order valence-electron chi connectivity index (χ3n) is 2.34. The summed E-state index contributed by atoms with van der Waals surface area (Å²) in [6, 6.07) is 5.64. The lowest BCUT2D eigenvalue weighted by Crippen LogP contribution is -1.92. The lowest BCUT2D eigenvalue weighted by atomic mass is 10.2. The van der Waals surface area contributed by atoms with Crippen molar-refractivity contribution >= 4 is 27.5 Å². The van der Waals surface area contributed by atoms with Crippen LogP contribution < -0.4 is 4.74 Å². The molecule has 90 valence electrons. The molecule has 0 bridgehead atoms. The van der Waals surface area contributed by atoms with Crippen LogP contribution in [0.15, 0.2) is 30.6 Å². The Balaban J connectivity index is 2.15. The van der Waals surface area contributed by atoms with E-state index in [-0.39, 0.29) is 0 Å². The number of benzene rings is 1. The minimum Gasteiger partial charge on any atom is -0.454 e. The van der Waals surface area contributed by atoms with E-state index in [1.807, 2.05) is 29.9 Å². The minimum absolute atomic E-state index is 0.697. The van der Waals surface area contributed by atoms with E-state index in [1.165, 1.54) is 0 Å². The van der Waals surface area contributed by atoms with Gasteiger partial charge in [0, 0.05) is 16.9 Å². The van der Waals surface area contributed by atoms with E-state index in [9.17, 15) is 0 Å². The Labute approximate surface area is 113 Å². The van der Waals surface area contributed by atoms with Gasteiger partial charge in [-0.05, 0) is 24.6 Å². The molecule has 0 atom stereocenters. The zero-order valence-electron chi connectivity index (χ0n) is 9.36. The third kappa shape index (κ3) is 3.01. The van der Waals surface area contributed by atoms with E-state index >= 15 is 0 Å². The second kappa shape index (κ2) is 5.56. The Bertz CT molecular complexity index is 513. The number of rotatable bonds is 4. The van der Waals surface area contributed by atoms with Crippen LogP contribution in [-0.2, 0) is 11.9 Å². The molecule has 0 saturated carbocycles. The van der Waals surface area contributed by atoms with Crippen molar-refractivity contribution in [1.82, 2.24) is 9.78 Å². The summed E-state index contributed by atoms with van der Waals surface area (Å²) >= 11 is 9.47. The van der Waals surface area contributed by atoms with Gasteiger partial charge in [-0.25, -0.2) is 0 Å². The van der Waals surface area contributed by atoms with Gasteiger partial charge in [-0.15, -0.1) is 0 Å². The Morgan fingerprint density at radius 3 is 2.82 bits per heavy atom. The van der Waals surface area contributed by atoms with E-state index in [1.54, 1.807) is 12.3 Å². The fourth-order valence-corrected chi connectivity index (χ4v) is 2.29. The number of hydrogen-bond acceptors (Lipinski definition) is 2. The first-order valence-electron chi connectivity index (χ1n) is 5.27. The van der Waals surface area contributed by atoms with Crippen LogP contribution in [0, 0.1) is 0 Å². The SMILES string of the molecule is CCn1cc(Oc2ccc(CBr)c(Cl)c2)cn1. The van der Waals surface area contributed by atoms with Gasteiger partial charge in [-0.2, -0.15) is 5.10 Å². The second-order valence-corrected chi connectivity index (χ2v) is 4.49. The third-order valence-corrected chi connectivity index (χ3v) is 3.29. The summed E-state index contributed by atoms with van der Waals surface area (Å²) in [5.41, 5.74) is 1.04. The number of hydrogen-bond donors (Lipinski definition) is 0. The molecule has 1 aromatic carbocycles. The normalized spacial score (nSPS) is 10.5. The molecule has 2 rings (SSSR count). The number of halogens is 2. The number of aryl methyl sites for hydroxylation is 1. The molecule has 2 aromatic rings. The molecule has 0 N–H and O–H groups in total. The maximum absolute atomic E-state index is 6.10. The van der Waals surface area contributed by atoms with E-state index < -0.39 is 0 Å². The highest BCUT2D eigenvalue weighted by Gasteiger charge is 2.04. The van der Waals surface area contributed by atoms with Gasteiger partial charge in [0.15, 0.2) is 5.75 Å². The smallest absolute Gasteiger partial charge is 0.165 e. The van der Waals surface area contributed by atoms with Crippen LogP contribution >= 0.6 is 27.5 Å². The molecule has 17 heavy (non-hydrogen) atoms. The molecule has 0 spiro atoms. The van der Waals surface area contributed by atoms with E-state index in [0.717, 1.165) is 28.9 Å². The molecule has 0 fully saturated rings. The van der Waals surface area contributed by atoms with Gasteiger partial charge in [-0.3, -0.25) is 4.68 Å². The summed E-state index contributed by atoms with van der Waals surface area (Å²) in [6.45, 7) is 2.85. The molecule has 1 heterocycles. The van der Waals surface area contributed by atoms with Crippen LogP contribution in [0.2, 0.25) is 5.02 Å². The van der Waals surface area contributed by atoms with Crippen LogP contribution in [0.25, 0.3) is 0 Å². The molecule has 0 amide bonds. The highest BCUT2D eigenvalue weighted by molar-refractivity contribution is 9.08. The molecule has 0 radical (unpaired) electrons. The average molecular weight is 316 g/mol. The first-order chi connectivity index (χ1) is 8.22. The van der Waals surface area contributed by atoms with E-state index in [0.29, 0.717) is 5.02 Å². The van der Waals surface area contributed by atoms with E-state index in [4.69, 9.17) is 16.3 Å². The Hall–Kier alpha value is -1.00. The van der Waals surface area contributed by atoms with Crippen molar-refractivity contribution in [2.24, 2.45) is 0 Å². The van der Waals surface area contributed by atoms with Gasteiger partial charge in [0.05, 0.1) is 12.4 Å². The first kappa shape index (κ1) is 12.5. The predicted molar refractivity (Wildman–Crippen MR) is 72.1 cm³/mol. The van der Waals surface area contributed by atoms with Crippen molar-refractivity contribution in [3.63, 3.8) is 0 Å². The zero-order chi connectivity index (χ0) is 12.3. The molecule has 5 heteroatoms. The van der Waals surface area contributed by atoms with Crippen molar-refractivity contribution in [2.75, 3.05) is 0 Å². The Morgan fingerprint density at radius 1 is 1.41 bits per heavy atom. The topological polar surface area (TPSA) is 27.1 Å². The molecule has 3 nitrogen and oxygen atoms in total. The van der Waals surface area contributed by atoms with Gasteiger partial charge in [0.2, 0.25) is 0 Å². The number of aromatic nitrogens is 2. The Morgan fingerprint density at radius 2 is 2.24 bits per heavy atom. The molecule has 0 unspecified atom stereocenters. The minimum atomic E-state index is 0.697. The van der Waals surface area contributed by atoms with Crippen LogP contribution in [0.3, 0.4) is 0 Å². The zero-order valence-corrected chi connectivity index (χ0v) is 11.7. The average Bonchev–Trinajstić information content (AvgIpc) is 2.77. The maximum Gasteiger partial charge on any atom is 0.165 e. The first-order valence-corrected chi connectivity index (χ1v) is 6.77. The quantitative estimate of drug-likeness (QED) is 0.789. The maximum atomic E-state index is 6.10. The fourth-order valence-electron chi connectivity index (χ4n) is 1.41. The van der Waals surface area contributed by atoms with Crippen molar-refractivity contribution in [1.29, 1.82) is 0 Å². The number of alkyl halides is 1. The van der Waals surface area contributed by atoms with Gasteiger partial charge in [0.25, 0.3) is 0 Å².